The molecule has 0 spiro atoms. The molecule has 0 saturated heterocycles. The van der Waals surface area contributed by atoms with E-state index in [9.17, 15) is 13.2 Å². The van der Waals surface area contributed by atoms with Crippen LogP contribution in [0, 0.1) is 6.92 Å². The van der Waals surface area contributed by atoms with E-state index in [1.807, 2.05) is 0 Å². The average Bonchev–Trinajstić information content (AvgIpc) is 2.66. The van der Waals surface area contributed by atoms with Crippen LogP contribution >= 0.6 is 0 Å². The summed E-state index contributed by atoms with van der Waals surface area (Å²) in [5.74, 6) is -1.47. The van der Waals surface area contributed by atoms with Crippen molar-refractivity contribution < 1.29 is 17.7 Å². The van der Waals surface area contributed by atoms with Gasteiger partial charge in [0.15, 0.2) is 0 Å². The van der Waals surface area contributed by atoms with E-state index in [2.05, 4.69) is 21.6 Å². The fraction of sp³-hybridized carbons (Fsp3) is 0.100. The third-order valence-electron chi connectivity index (χ3n) is 1.93. The van der Waals surface area contributed by atoms with Crippen LogP contribution in [-0.4, -0.2) is 10.1 Å². The van der Waals surface area contributed by atoms with Crippen molar-refractivity contribution in [3.05, 3.63) is 42.6 Å². The van der Waals surface area contributed by atoms with E-state index >= 15 is 0 Å². The Labute approximate surface area is 88.9 Å². The van der Waals surface area contributed by atoms with Gasteiger partial charge < -0.3 is 4.52 Å². The Balaban J connectivity index is 2.44. The summed E-state index contributed by atoms with van der Waals surface area (Å²) in [4.78, 5) is 3.27. The van der Waals surface area contributed by atoms with Gasteiger partial charge in [0.1, 0.15) is 0 Å². The smallest absolute Gasteiger partial charge is 0.329 e. The van der Waals surface area contributed by atoms with E-state index in [1.165, 1.54) is 0 Å². The molecule has 0 aliphatic carbocycles. The van der Waals surface area contributed by atoms with Crippen LogP contribution in [0.3, 0.4) is 0 Å². The number of alkyl halides is 3. The molecular formula is C10H6F3N2O. The average molecular weight is 227 g/mol. The molecule has 0 saturated carbocycles. The summed E-state index contributed by atoms with van der Waals surface area (Å²) in [6.07, 6.45) is -4.62. The molecule has 6 heteroatoms. The lowest BCUT2D eigenvalue weighted by atomic mass is 10.1. The number of benzene rings is 1. The molecular weight excluding hydrogens is 221 g/mol. The molecule has 1 radical (unpaired) electrons. The Morgan fingerprint density at radius 2 is 1.88 bits per heavy atom. The minimum atomic E-state index is -4.62. The summed E-state index contributed by atoms with van der Waals surface area (Å²) in [5, 5.41) is 3.27. The van der Waals surface area contributed by atoms with E-state index in [-0.39, 0.29) is 5.82 Å². The van der Waals surface area contributed by atoms with Crippen LogP contribution in [0.25, 0.3) is 11.4 Å². The van der Waals surface area contributed by atoms with E-state index in [1.54, 1.807) is 24.3 Å². The highest BCUT2D eigenvalue weighted by Crippen LogP contribution is 2.29. The Morgan fingerprint density at radius 1 is 1.19 bits per heavy atom. The van der Waals surface area contributed by atoms with Crippen molar-refractivity contribution in [3.63, 3.8) is 0 Å². The molecule has 1 aromatic carbocycles. The molecule has 0 N–H and O–H groups in total. The van der Waals surface area contributed by atoms with Gasteiger partial charge in [-0.25, -0.2) is 0 Å². The summed E-state index contributed by atoms with van der Waals surface area (Å²) >= 11 is 0. The first kappa shape index (κ1) is 10.7. The van der Waals surface area contributed by atoms with Crippen LogP contribution in [0.1, 0.15) is 11.5 Å². The third-order valence-corrected chi connectivity index (χ3v) is 1.93. The Morgan fingerprint density at radius 3 is 2.44 bits per heavy atom. The monoisotopic (exact) mass is 227 g/mol. The van der Waals surface area contributed by atoms with Gasteiger partial charge >= 0.3 is 12.1 Å². The van der Waals surface area contributed by atoms with Crippen molar-refractivity contribution in [1.29, 1.82) is 0 Å². The predicted molar refractivity (Wildman–Crippen MR) is 49.2 cm³/mol. The van der Waals surface area contributed by atoms with Crippen molar-refractivity contribution in [2.75, 3.05) is 0 Å². The molecule has 0 aliphatic rings. The summed E-state index contributed by atoms with van der Waals surface area (Å²) in [6, 6.07) is 6.61. The topological polar surface area (TPSA) is 38.9 Å². The summed E-state index contributed by atoms with van der Waals surface area (Å²) in [5.41, 5.74) is 0.957. The first-order valence-electron chi connectivity index (χ1n) is 4.31. The minimum absolute atomic E-state index is 0.113. The zero-order chi connectivity index (χ0) is 11.8. The highest BCUT2D eigenvalue weighted by atomic mass is 19.4. The van der Waals surface area contributed by atoms with Crippen LogP contribution in [-0.2, 0) is 6.18 Å². The largest absolute Gasteiger partial charge is 0.471 e. The number of rotatable bonds is 1. The number of nitrogens with zero attached hydrogens (tertiary/aromatic N) is 2. The zero-order valence-electron chi connectivity index (χ0n) is 7.95. The Hall–Kier alpha value is -1.85. The summed E-state index contributed by atoms with van der Waals surface area (Å²) in [6.45, 7) is 3.67. The first-order valence-corrected chi connectivity index (χ1v) is 4.31. The van der Waals surface area contributed by atoms with Crippen LogP contribution < -0.4 is 0 Å². The maximum absolute atomic E-state index is 12.2. The maximum Gasteiger partial charge on any atom is 0.471 e. The summed E-state index contributed by atoms with van der Waals surface area (Å²) in [7, 11) is 0. The standard InChI is InChI=1S/C10H6F3N2O/c1-6-4-2-3-5-7(6)8-14-9(16-15-8)10(11,12)13/h2-5H,1H2. The van der Waals surface area contributed by atoms with E-state index in [4.69, 9.17) is 0 Å². The molecule has 0 aliphatic heterocycles. The third kappa shape index (κ3) is 1.91. The summed E-state index contributed by atoms with van der Waals surface area (Å²) < 4.78 is 40.7. The Kier molecular flexibility index (Phi) is 2.41. The molecule has 16 heavy (non-hydrogen) atoms. The van der Waals surface area contributed by atoms with Gasteiger partial charge in [0.25, 0.3) is 0 Å². The molecule has 1 aromatic heterocycles. The van der Waals surface area contributed by atoms with Gasteiger partial charge in [-0.1, -0.05) is 29.4 Å². The molecule has 0 bridgehead atoms. The van der Waals surface area contributed by atoms with Crippen molar-refractivity contribution in [3.8, 4) is 11.4 Å². The van der Waals surface area contributed by atoms with E-state index in [0.717, 1.165) is 0 Å². The molecule has 0 fully saturated rings. The highest BCUT2D eigenvalue weighted by Gasteiger charge is 2.38. The van der Waals surface area contributed by atoms with Crippen LogP contribution in [0.4, 0.5) is 13.2 Å². The molecule has 3 nitrogen and oxygen atoms in total. The first-order chi connectivity index (χ1) is 7.48. The van der Waals surface area contributed by atoms with E-state index < -0.39 is 12.1 Å². The second kappa shape index (κ2) is 3.62. The van der Waals surface area contributed by atoms with Gasteiger partial charge in [-0.05, 0) is 12.5 Å². The number of hydrogen-bond acceptors (Lipinski definition) is 3. The molecule has 0 amide bonds. The van der Waals surface area contributed by atoms with Crippen molar-refractivity contribution >= 4 is 0 Å². The molecule has 2 rings (SSSR count). The highest BCUT2D eigenvalue weighted by molar-refractivity contribution is 5.60. The molecule has 0 atom stereocenters. The zero-order valence-corrected chi connectivity index (χ0v) is 7.95. The molecule has 0 unspecified atom stereocenters. The van der Waals surface area contributed by atoms with Gasteiger partial charge in [0, 0.05) is 5.56 Å². The predicted octanol–water partition coefficient (Wildman–Crippen LogP) is 2.94. The maximum atomic E-state index is 12.2. The van der Waals surface area contributed by atoms with Crippen LogP contribution in [0.5, 0.6) is 0 Å². The molecule has 1 heterocycles. The molecule has 83 valence electrons. The second-order valence-electron chi connectivity index (χ2n) is 3.08. The minimum Gasteiger partial charge on any atom is -0.329 e. The SMILES string of the molecule is [CH2]c1ccccc1-c1noc(C(F)(F)F)n1. The lowest BCUT2D eigenvalue weighted by Crippen LogP contribution is -2.04. The van der Waals surface area contributed by atoms with Crippen molar-refractivity contribution in [2.24, 2.45) is 0 Å². The molecule has 2 aromatic rings. The van der Waals surface area contributed by atoms with E-state index in [0.29, 0.717) is 11.1 Å². The Bertz CT molecular complexity index is 505. The fourth-order valence-corrected chi connectivity index (χ4v) is 1.19. The second-order valence-corrected chi connectivity index (χ2v) is 3.08. The van der Waals surface area contributed by atoms with Gasteiger partial charge in [-0.15, -0.1) is 0 Å². The van der Waals surface area contributed by atoms with Gasteiger partial charge in [-0.3, -0.25) is 0 Å². The van der Waals surface area contributed by atoms with Crippen LogP contribution in [0.15, 0.2) is 28.8 Å². The fourth-order valence-electron chi connectivity index (χ4n) is 1.19. The van der Waals surface area contributed by atoms with Crippen LogP contribution in [0.2, 0.25) is 0 Å². The lowest BCUT2D eigenvalue weighted by Gasteiger charge is -1.98. The quantitative estimate of drug-likeness (QED) is 0.751. The number of aromatic nitrogens is 2. The lowest BCUT2D eigenvalue weighted by molar-refractivity contribution is -0.159. The van der Waals surface area contributed by atoms with Crippen molar-refractivity contribution in [1.82, 2.24) is 10.1 Å². The van der Waals surface area contributed by atoms with Gasteiger partial charge in [0.05, 0.1) is 0 Å². The van der Waals surface area contributed by atoms with Gasteiger partial charge in [0.2, 0.25) is 5.82 Å². The normalized spacial score (nSPS) is 11.8. The number of hydrogen-bond donors (Lipinski definition) is 0. The number of halogens is 3. The van der Waals surface area contributed by atoms with Crippen molar-refractivity contribution in [2.45, 2.75) is 6.18 Å². The van der Waals surface area contributed by atoms with Gasteiger partial charge in [-0.2, -0.15) is 18.2 Å².